The first-order valence-electron chi connectivity index (χ1n) is 4.96. The molecule has 0 aromatic carbocycles. The number of rotatable bonds is 0. The van der Waals surface area contributed by atoms with E-state index in [9.17, 15) is 0 Å². The molecule has 0 spiro atoms. The molecule has 12 heavy (non-hydrogen) atoms. The lowest BCUT2D eigenvalue weighted by Crippen LogP contribution is -2.28. The molecule has 0 atom stereocenters. The normalized spacial score (nSPS) is 29.5. The molecule has 0 unspecified atom stereocenters. The van der Waals surface area contributed by atoms with Gasteiger partial charge in [0.25, 0.3) is 0 Å². The van der Waals surface area contributed by atoms with Gasteiger partial charge in [0.05, 0.1) is 6.10 Å². The molecule has 3 N–H and O–H groups in total. The van der Waals surface area contributed by atoms with E-state index >= 15 is 0 Å². The van der Waals surface area contributed by atoms with Gasteiger partial charge in [0.2, 0.25) is 0 Å². The predicted molar refractivity (Wildman–Crippen MR) is 53.0 cm³/mol. The van der Waals surface area contributed by atoms with E-state index < -0.39 is 0 Å². The van der Waals surface area contributed by atoms with E-state index in [2.05, 4.69) is 20.8 Å². The first-order chi connectivity index (χ1) is 5.52. The summed E-state index contributed by atoms with van der Waals surface area (Å²) >= 11 is 0. The number of nitrogens with two attached hydrogens (primary N) is 1. The zero-order valence-electron chi connectivity index (χ0n) is 8.59. The third-order valence-electron chi connectivity index (χ3n) is 1.74. The molecular formula is C10H23NO. The van der Waals surface area contributed by atoms with Crippen LogP contribution in [0, 0.1) is 5.92 Å². The third-order valence-corrected chi connectivity index (χ3v) is 1.74. The summed E-state index contributed by atoms with van der Waals surface area (Å²) in [6.45, 7) is 6.50. The van der Waals surface area contributed by atoms with Gasteiger partial charge in [-0.1, -0.05) is 20.8 Å². The Morgan fingerprint density at radius 1 is 1.08 bits per heavy atom. The van der Waals surface area contributed by atoms with Crippen LogP contribution in [0.1, 0.15) is 46.5 Å². The van der Waals surface area contributed by atoms with Crippen LogP contribution >= 0.6 is 0 Å². The van der Waals surface area contributed by atoms with Gasteiger partial charge in [-0.2, -0.15) is 0 Å². The average Bonchev–Trinajstić information content (AvgIpc) is 1.94. The standard InChI is InChI=1S/C6H13NO.C4H10/c7-5-1-3-6(8)4-2-5;1-4(2)3/h5-6,8H,1-4,7H2;4H,1-3H3. The van der Waals surface area contributed by atoms with Gasteiger partial charge in [-0.15, -0.1) is 0 Å². The van der Waals surface area contributed by atoms with Crippen molar-refractivity contribution in [3.8, 4) is 0 Å². The van der Waals surface area contributed by atoms with E-state index in [4.69, 9.17) is 10.8 Å². The van der Waals surface area contributed by atoms with E-state index in [1.165, 1.54) is 0 Å². The van der Waals surface area contributed by atoms with Crippen LogP contribution < -0.4 is 5.73 Å². The minimum atomic E-state index is -0.0604. The van der Waals surface area contributed by atoms with Crippen LogP contribution in [0.15, 0.2) is 0 Å². The second-order valence-electron chi connectivity index (χ2n) is 4.30. The summed E-state index contributed by atoms with van der Waals surface area (Å²) in [5.41, 5.74) is 5.59. The summed E-state index contributed by atoms with van der Waals surface area (Å²) in [5.74, 6) is 0.833. The van der Waals surface area contributed by atoms with Crippen molar-refractivity contribution in [1.29, 1.82) is 0 Å². The van der Waals surface area contributed by atoms with Gasteiger partial charge in [0, 0.05) is 6.04 Å². The molecule has 0 bridgehead atoms. The second kappa shape index (κ2) is 6.44. The van der Waals surface area contributed by atoms with Gasteiger partial charge in [-0.25, -0.2) is 0 Å². The van der Waals surface area contributed by atoms with Crippen LogP contribution in [0.5, 0.6) is 0 Å². The molecule has 0 aromatic heterocycles. The van der Waals surface area contributed by atoms with Crippen LogP contribution in [-0.2, 0) is 0 Å². The Morgan fingerprint density at radius 2 is 1.42 bits per heavy atom. The van der Waals surface area contributed by atoms with Crippen LogP contribution in [0.4, 0.5) is 0 Å². The molecule has 0 amide bonds. The number of hydrogen-bond donors (Lipinski definition) is 2. The molecule has 0 aromatic rings. The molecule has 74 valence electrons. The van der Waals surface area contributed by atoms with E-state index in [-0.39, 0.29) is 6.10 Å². The Bertz CT molecular complexity index is 83.3. The fraction of sp³-hybridized carbons (Fsp3) is 1.00. The average molecular weight is 173 g/mol. The van der Waals surface area contributed by atoms with Crippen molar-refractivity contribution < 1.29 is 5.11 Å². The highest BCUT2D eigenvalue weighted by molar-refractivity contribution is 4.72. The highest BCUT2D eigenvalue weighted by Gasteiger charge is 2.14. The third kappa shape index (κ3) is 8.02. The van der Waals surface area contributed by atoms with E-state index in [1.807, 2.05) is 0 Å². The van der Waals surface area contributed by atoms with Crippen molar-refractivity contribution in [2.75, 3.05) is 0 Å². The lowest BCUT2D eigenvalue weighted by Gasteiger charge is -2.21. The highest BCUT2D eigenvalue weighted by Crippen LogP contribution is 2.15. The maximum absolute atomic E-state index is 8.97. The van der Waals surface area contributed by atoms with Gasteiger partial charge in [0.1, 0.15) is 0 Å². The second-order valence-corrected chi connectivity index (χ2v) is 4.30. The van der Waals surface area contributed by atoms with Crippen LogP contribution in [0.25, 0.3) is 0 Å². The fourth-order valence-electron chi connectivity index (χ4n) is 1.10. The first kappa shape index (κ1) is 11.9. The van der Waals surface area contributed by atoms with Crippen molar-refractivity contribution in [2.45, 2.75) is 58.6 Å². The zero-order chi connectivity index (χ0) is 9.56. The van der Waals surface area contributed by atoms with Gasteiger partial charge < -0.3 is 10.8 Å². The summed E-state index contributed by atoms with van der Waals surface area (Å²) in [5, 5.41) is 8.97. The Balaban J connectivity index is 0.000000261. The summed E-state index contributed by atoms with van der Waals surface area (Å²) in [4.78, 5) is 0. The van der Waals surface area contributed by atoms with Crippen LogP contribution in [0.2, 0.25) is 0 Å². The van der Waals surface area contributed by atoms with Crippen molar-refractivity contribution in [2.24, 2.45) is 11.7 Å². The largest absolute Gasteiger partial charge is 0.393 e. The molecule has 1 aliphatic carbocycles. The van der Waals surface area contributed by atoms with Crippen molar-refractivity contribution >= 4 is 0 Å². The number of hydrogen-bond acceptors (Lipinski definition) is 2. The van der Waals surface area contributed by atoms with E-state index in [1.54, 1.807) is 0 Å². The fourth-order valence-corrected chi connectivity index (χ4v) is 1.10. The number of aliphatic hydroxyl groups excluding tert-OH is 1. The topological polar surface area (TPSA) is 46.2 Å². The lowest BCUT2D eigenvalue weighted by molar-refractivity contribution is 0.123. The Morgan fingerprint density at radius 3 is 1.67 bits per heavy atom. The van der Waals surface area contributed by atoms with Gasteiger partial charge in [-0.3, -0.25) is 0 Å². The summed E-state index contributed by atoms with van der Waals surface area (Å²) in [6.07, 6.45) is 3.75. The Labute approximate surface area is 76.2 Å². The summed E-state index contributed by atoms with van der Waals surface area (Å²) < 4.78 is 0. The minimum Gasteiger partial charge on any atom is -0.393 e. The molecule has 1 fully saturated rings. The highest BCUT2D eigenvalue weighted by atomic mass is 16.3. The molecule has 0 radical (unpaired) electrons. The SMILES string of the molecule is CC(C)C.NC1CCC(O)CC1. The maximum atomic E-state index is 8.97. The molecule has 0 heterocycles. The van der Waals surface area contributed by atoms with Gasteiger partial charge >= 0.3 is 0 Å². The quantitative estimate of drug-likeness (QED) is 0.588. The van der Waals surface area contributed by atoms with Crippen LogP contribution in [0.3, 0.4) is 0 Å². The molecule has 0 aliphatic heterocycles. The molecule has 1 saturated carbocycles. The molecule has 1 aliphatic rings. The first-order valence-corrected chi connectivity index (χ1v) is 4.96. The van der Waals surface area contributed by atoms with Gasteiger partial charge in [0.15, 0.2) is 0 Å². The van der Waals surface area contributed by atoms with Crippen molar-refractivity contribution in [3.63, 3.8) is 0 Å². The molecule has 2 nitrogen and oxygen atoms in total. The summed E-state index contributed by atoms with van der Waals surface area (Å²) in [7, 11) is 0. The smallest absolute Gasteiger partial charge is 0.0541 e. The Hall–Kier alpha value is -0.0800. The minimum absolute atomic E-state index is 0.0604. The number of aliphatic hydroxyl groups is 1. The molecule has 1 rings (SSSR count). The monoisotopic (exact) mass is 173 g/mol. The van der Waals surface area contributed by atoms with Crippen molar-refractivity contribution in [3.05, 3.63) is 0 Å². The maximum Gasteiger partial charge on any atom is 0.0541 e. The van der Waals surface area contributed by atoms with Gasteiger partial charge in [-0.05, 0) is 31.6 Å². The zero-order valence-corrected chi connectivity index (χ0v) is 8.59. The van der Waals surface area contributed by atoms with Crippen LogP contribution in [-0.4, -0.2) is 17.3 Å². The predicted octanol–water partition coefficient (Wildman–Crippen LogP) is 1.91. The molecule has 2 heteroatoms. The summed E-state index contributed by atoms with van der Waals surface area (Å²) in [6, 6.07) is 0.360. The Kier molecular flexibility index (Phi) is 6.39. The molecule has 0 saturated heterocycles. The molecular weight excluding hydrogens is 150 g/mol. The van der Waals surface area contributed by atoms with E-state index in [0.29, 0.717) is 6.04 Å². The lowest BCUT2D eigenvalue weighted by atomic mass is 9.94. The van der Waals surface area contributed by atoms with E-state index in [0.717, 1.165) is 31.6 Å². The van der Waals surface area contributed by atoms with Crippen molar-refractivity contribution in [1.82, 2.24) is 0 Å².